The minimum atomic E-state index is -0.339. The monoisotopic (exact) mass is 317 g/mol. The molecule has 0 bridgehead atoms. The fourth-order valence-corrected chi connectivity index (χ4v) is 2.00. The van der Waals surface area contributed by atoms with Gasteiger partial charge >= 0.3 is 6.03 Å². The molecule has 0 saturated heterocycles. The van der Waals surface area contributed by atoms with Gasteiger partial charge in [-0.05, 0) is 29.8 Å². The number of carbonyl (C=O) groups excluding carboxylic acids is 1. The highest BCUT2D eigenvalue weighted by molar-refractivity contribution is 5.89. The highest BCUT2D eigenvalue weighted by atomic mass is 16.6. The summed E-state index contributed by atoms with van der Waals surface area (Å²) >= 11 is 0. The highest BCUT2D eigenvalue weighted by Gasteiger charge is 2.06. The van der Waals surface area contributed by atoms with Crippen LogP contribution in [-0.2, 0) is 6.54 Å². The molecule has 0 unspecified atom stereocenters. The zero-order valence-corrected chi connectivity index (χ0v) is 13.0. The maximum atomic E-state index is 11.9. The Balaban J connectivity index is 1.93. The molecule has 7 heteroatoms. The molecule has 0 spiro atoms. The Bertz CT molecular complexity index is 676. The predicted octanol–water partition coefficient (Wildman–Crippen LogP) is 2.28. The lowest BCUT2D eigenvalue weighted by molar-refractivity contribution is 0.251. The molecule has 0 saturated carbocycles. The molecular formula is C16H19N3O4. The summed E-state index contributed by atoms with van der Waals surface area (Å²) in [7, 11) is 3.14. The number of ether oxygens (including phenoxy) is 2. The van der Waals surface area contributed by atoms with E-state index in [9.17, 15) is 4.79 Å². The normalized spacial score (nSPS) is 9.87. The van der Waals surface area contributed by atoms with Gasteiger partial charge in [0.05, 0.1) is 14.2 Å². The Morgan fingerprint density at radius 2 is 1.87 bits per heavy atom. The first-order valence-corrected chi connectivity index (χ1v) is 6.89. The first-order chi connectivity index (χ1) is 11.2. The summed E-state index contributed by atoms with van der Waals surface area (Å²) in [5, 5.41) is 5.45. The van der Waals surface area contributed by atoms with Crippen molar-refractivity contribution in [2.75, 3.05) is 19.5 Å². The van der Waals surface area contributed by atoms with Gasteiger partial charge < -0.3 is 24.9 Å². The molecule has 0 aromatic heterocycles. The van der Waals surface area contributed by atoms with Crippen LogP contribution in [0.1, 0.15) is 5.56 Å². The molecule has 0 fully saturated rings. The standard InChI is InChI=1S/C16H19N3O4/c1-21-14-7-6-11(8-15(14)22-2)10-18-16(20)19-12-4-3-5-13(9-12)23-17/h3-9H,10,17H2,1-2H3,(H2,18,19,20). The van der Waals surface area contributed by atoms with Crippen LogP contribution in [0.2, 0.25) is 0 Å². The Morgan fingerprint density at radius 1 is 1.09 bits per heavy atom. The first kappa shape index (κ1) is 16.4. The Morgan fingerprint density at radius 3 is 2.57 bits per heavy atom. The van der Waals surface area contributed by atoms with Gasteiger partial charge in [-0.15, -0.1) is 0 Å². The van der Waals surface area contributed by atoms with E-state index in [0.717, 1.165) is 5.56 Å². The van der Waals surface area contributed by atoms with E-state index in [-0.39, 0.29) is 6.03 Å². The Kier molecular flexibility index (Phi) is 5.65. The maximum absolute atomic E-state index is 11.9. The van der Waals surface area contributed by atoms with Crippen LogP contribution in [0.15, 0.2) is 42.5 Å². The quantitative estimate of drug-likeness (QED) is 0.711. The van der Waals surface area contributed by atoms with Crippen molar-refractivity contribution in [1.29, 1.82) is 0 Å². The largest absolute Gasteiger partial charge is 0.493 e. The van der Waals surface area contributed by atoms with Gasteiger partial charge in [0, 0.05) is 18.3 Å². The zero-order chi connectivity index (χ0) is 16.7. The van der Waals surface area contributed by atoms with Crippen LogP contribution in [-0.4, -0.2) is 20.3 Å². The fraction of sp³-hybridized carbons (Fsp3) is 0.188. The van der Waals surface area contributed by atoms with Crippen LogP contribution >= 0.6 is 0 Å². The molecule has 0 atom stereocenters. The van der Waals surface area contributed by atoms with Gasteiger partial charge in [-0.1, -0.05) is 12.1 Å². The van der Waals surface area contributed by atoms with E-state index < -0.39 is 0 Å². The lowest BCUT2D eigenvalue weighted by atomic mass is 10.2. The SMILES string of the molecule is COc1ccc(CNC(=O)Nc2cccc(ON)c2)cc1OC. The molecule has 0 aliphatic carbocycles. The number of urea groups is 1. The van der Waals surface area contributed by atoms with Gasteiger partial charge in [-0.25, -0.2) is 4.79 Å². The number of anilines is 1. The minimum absolute atomic E-state index is 0.339. The lowest BCUT2D eigenvalue weighted by Crippen LogP contribution is -2.28. The highest BCUT2D eigenvalue weighted by Crippen LogP contribution is 2.27. The van der Waals surface area contributed by atoms with Crippen molar-refractivity contribution in [1.82, 2.24) is 5.32 Å². The molecule has 2 rings (SSSR count). The maximum Gasteiger partial charge on any atom is 0.319 e. The van der Waals surface area contributed by atoms with E-state index in [4.69, 9.17) is 15.4 Å². The van der Waals surface area contributed by atoms with E-state index in [2.05, 4.69) is 15.5 Å². The van der Waals surface area contributed by atoms with E-state index in [1.165, 1.54) is 0 Å². The summed E-state index contributed by atoms with van der Waals surface area (Å²) in [5.41, 5.74) is 1.47. The molecule has 23 heavy (non-hydrogen) atoms. The van der Waals surface area contributed by atoms with Gasteiger partial charge in [0.25, 0.3) is 0 Å². The molecule has 4 N–H and O–H groups in total. The lowest BCUT2D eigenvalue weighted by Gasteiger charge is -2.11. The first-order valence-electron chi connectivity index (χ1n) is 6.89. The van der Waals surface area contributed by atoms with Crippen LogP contribution in [0.4, 0.5) is 10.5 Å². The van der Waals surface area contributed by atoms with Gasteiger partial charge in [0.15, 0.2) is 11.5 Å². The van der Waals surface area contributed by atoms with Crippen LogP contribution < -0.4 is 30.8 Å². The second-order valence-electron chi connectivity index (χ2n) is 4.64. The van der Waals surface area contributed by atoms with Crippen molar-refractivity contribution in [2.24, 2.45) is 5.90 Å². The van der Waals surface area contributed by atoms with E-state index >= 15 is 0 Å². The number of amides is 2. The summed E-state index contributed by atoms with van der Waals surface area (Å²) < 4.78 is 10.4. The second-order valence-corrected chi connectivity index (χ2v) is 4.64. The van der Waals surface area contributed by atoms with E-state index in [0.29, 0.717) is 29.5 Å². The van der Waals surface area contributed by atoms with Gasteiger partial charge in [-0.2, -0.15) is 5.90 Å². The molecule has 122 valence electrons. The predicted molar refractivity (Wildman–Crippen MR) is 86.7 cm³/mol. The molecule has 2 aromatic carbocycles. The van der Waals surface area contributed by atoms with Crippen LogP contribution in [0.3, 0.4) is 0 Å². The minimum Gasteiger partial charge on any atom is -0.493 e. The van der Waals surface area contributed by atoms with Crippen LogP contribution in [0.5, 0.6) is 17.2 Å². The molecule has 0 heterocycles. The Labute approximate surface area is 134 Å². The third-order valence-electron chi connectivity index (χ3n) is 3.13. The molecule has 0 aliphatic heterocycles. The Hall–Kier alpha value is -2.93. The second kappa shape index (κ2) is 7.90. The number of carbonyl (C=O) groups is 1. The van der Waals surface area contributed by atoms with Crippen molar-refractivity contribution < 1.29 is 19.1 Å². The van der Waals surface area contributed by atoms with Crippen LogP contribution in [0.25, 0.3) is 0 Å². The summed E-state index contributed by atoms with van der Waals surface area (Å²) in [6.45, 7) is 0.346. The topological polar surface area (TPSA) is 94.8 Å². The fourth-order valence-electron chi connectivity index (χ4n) is 2.00. The number of hydrogen-bond donors (Lipinski definition) is 3. The number of nitrogens with one attached hydrogen (secondary N) is 2. The van der Waals surface area contributed by atoms with Crippen molar-refractivity contribution in [3.05, 3.63) is 48.0 Å². The van der Waals surface area contributed by atoms with E-state index in [1.807, 2.05) is 12.1 Å². The van der Waals surface area contributed by atoms with Gasteiger partial charge in [0.1, 0.15) is 5.75 Å². The number of hydrogen-bond acceptors (Lipinski definition) is 5. The molecule has 0 radical (unpaired) electrons. The number of rotatable bonds is 6. The summed E-state index contributed by atoms with van der Waals surface area (Å²) in [6.07, 6.45) is 0. The average Bonchev–Trinajstić information content (AvgIpc) is 2.59. The van der Waals surface area contributed by atoms with Crippen molar-refractivity contribution in [3.8, 4) is 17.2 Å². The number of methoxy groups -OCH3 is 2. The zero-order valence-electron chi connectivity index (χ0n) is 13.0. The number of benzene rings is 2. The molecule has 0 aliphatic rings. The molecule has 7 nitrogen and oxygen atoms in total. The third-order valence-corrected chi connectivity index (χ3v) is 3.13. The third kappa shape index (κ3) is 4.52. The van der Waals surface area contributed by atoms with Crippen molar-refractivity contribution in [3.63, 3.8) is 0 Å². The number of nitrogens with two attached hydrogens (primary N) is 1. The van der Waals surface area contributed by atoms with E-state index in [1.54, 1.807) is 44.6 Å². The van der Waals surface area contributed by atoms with Gasteiger partial charge in [-0.3, -0.25) is 0 Å². The van der Waals surface area contributed by atoms with Crippen molar-refractivity contribution >= 4 is 11.7 Å². The molecule has 2 amide bonds. The average molecular weight is 317 g/mol. The summed E-state index contributed by atoms with van der Waals surface area (Å²) in [6, 6.07) is 11.9. The van der Waals surface area contributed by atoms with Crippen molar-refractivity contribution in [2.45, 2.75) is 6.54 Å². The van der Waals surface area contributed by atoms with Crippen LogP contribution in [0, 0.1) is 0 Å². The van der Waals surface area contributed by atoms with Gasteiger partial charge in [0.2, 0.25) is 0 Å². The smallest absolute Gasteiger partial charge is 0.319 e. The molecular weight excluding hydrogens is 298 g/mol. The summed E-state index contributed by atoms with van der Waals surface area (Å²) in [4.78, 5) is 16.5. The molecule has 2 aromatic rings. The summed E-state index contributed by atoms with van der Waals surface area (Å²) in [5.74, 6) is 6.79.